The van der Waals surface area contributed by atoms with Gasteiger partial charge in [0.15, 0.2) is 5.82 Å². The van der Waals surface area contributed by atoms with Crippen LogP contribution in [0.1, 0.15) is 44.3 Å². The molecular weight excluding hydrogens is 370 g/mol. The summed E-state index contributed by atoms with van der Waals surface area (Å²) in [6.07, 6.45) is 1.14. The van der Waals surface area contributed by atoms with Gasteiger partial charge in [0.05, 0.1) is 11.6 Å². The maximum atomic E-state index is 13.9. The Morgan fingerprint density at radius 1 is 1.39 bits per heavy atom. The molecule has 9 heteroatoms. The lowest BCUT2D eigenvalue weighted by Gasteiger charge is -2.17. The first-order chi connectivity index (χ1) is 13.3. The third kappa shape index (κ3) is 4.52. The van der Waals surface area contributed by atoms with E-state index < -0.39 is 17.6 Å². The number of halogens is 2. The molecule has 7 nitrogen and oxygen atoms in total. The van der Waals surface area contributed by atoms with Crippen molar-refractivity contribution in [2.24, 2.45) is 5.92 Å². The highest BCUT2D eigenvalue weighted by atomic mass is 19.1. The highest BCUT2D eigenvalue weighted by molar-refractivity contribution is 6.00. The molecule has 1 aromatic carbocycles. The molecule has 1 N–H and O–H groups in total. The fraction of sp³-hybridized carbons (Fsp3) is 0.474. The number of anilines is 1. The molecule has 2 aromatic rings. The lowest BCUT2D eigenvalue weighted by Crippen LogP contribution is -2.33. The van der Waals surface area contributed by atoms with Crippen molar-refractivity contribution in [3.8, 4) is 0 Å². The second-order valence-electron chi connectivity index (χ2n) is 7.10. The van der Waals surface area contributed by atoms with E-state index in [1.165, 1.54) is 11.0 Å². The molecule has 1 aliphatic heterocycles. The molecule has 0 bridgehead atoms. The van der Waals surface area contributed by atoms with Gasteiger partial charge in [0, 0.05) is 37.9 Å². The Morgan fingerprint density at radius 3 is 2.86 bits per heavy atom. The lowest BCUT2D eigenvalue weighted by atomic mass is 10.1. The summed E-state index contributed by atoms with van der Waals surface area (Å²) in [5.74, 6) is -1.40. The fourth-order valence-electron chi connectivity index (χ4n) is 3.02. The minimum Gasteiger partial charge on any atom is -0.356 e. The van der Waals surface area contributed by atoms with Crippen molar-refractivity contribution in [3.63, 3.8) is 0 Å². The van der Waals surface area contributed by atoms with Crippen LogP contribution in [0, 0.1) is 17.6 Å². The van der Waals surface area contributed by atoms with E-state index in [0.29, 0.717) is 31.1 Å². The van der Waals surface area contributed by atoms with Gasteiger partial charge in [0.1, 0.15) is 11.6 Å². The number of hydrogen-bond acceptors (Lipinski definition) is 5. The minimum atomic E-state index is -0.824. The zero-order valence-corrected chi connectivity index (χ0v) is 15.7. The Morgan fingerprint density at radius 2 is 2.18 bits per heavy atom. The molecule has 2 amide bonds. The maximum absolute atomic E-state index is 13.9. The van der Waals surface area contributed by atoms with E-state index in [4.69, 9.17) is 4.52 Å². The van der Waals surface area contributed by atoms with Crippen LogP contribution in [0.15, 0.2) is 22.7 Å². The smallest absolute Gasteiger partial charge is 0.227 e. The van der Waals surface area contributed by atoms with Crippen LogP contribution in [-0.4, -0.2) is 35.0 Å². The molecule has 150 valence electrons. The highest BCUT2D eigenvalue weighted by Crippen LogP contribution is 2.28. The van der Waals surface area contributed by atoms with Gasteiger partial charge in [-0.25, -0.2) is 8.78 Å². The average Bonchev–Trinajstić information content (AvgIpc) is 3.26. The molecule has 1 saturated heterocycles. The summed E-state index contributed by atoms with van der Waals surface area (Å²) in [5.41, 5.74) is -0.0148. The first-order valence-electron chi connectivity index (χ1n) is 9.20. The number of benzene rings is 1. The lowest BCUT2D eigenvalue weighted by molar-refractivity contribution is -0.126. The molecule has 0 aliphatic carbocycles. The summed E-state index contributed by atoms with van der Waals surface area (Å²) in [4.78, 5) is 29.9. The van der Waals surface area contributed by atoms with Crippen LogP contribution in [0.25, 0.3) is 0 Å². The number of aryl methyl sites for hydroxylation is 1. The Labute approximate surface area is 161 Å². The Kier molecular flexibility index (Phi) is 6.01. The quantitative estimate of drug-likeness (QED) is 0.732. The minimum absolute atomic E-state index is 0.00986. The third-order valence-corrected chi connectivity index (χ3v) is 4.56. The molecule has 1 aliphatic rings. The summed E-state index contributed by atoms with van der Waals surface area (Å²) in [7, 11) is 0. The molecule has 0 radical (unpaired) electrons. The first-order valence-corrected chi connectivity index (χ1v) is 9.20. The molecule has 0 spiro atoms. The van der Waals surface area contributed by atoms with Gasteiger partial charge in [-0.05, 0) is 18.6 Å². The van der Waals surface area contributed by atoms with E-state index in [-0.39, 0.29) is 36.4 Å². The second-order valence-corrected chi connectivity index (χ2v) is 7.10. The summed E-state index contributed by atoms with van der Waals surface area (Å²) >= 11 is 0. The summed E-state index contributed by atoms with van der Waals surface area (Å²) in [6.45, 7) is 4.40. The SMILES string of the molecule is CC(C)c1noc(CCCNC(=O)C2CC(=O)N(c3ccc(F)cc3F)C2)n1. The zero-order chi connectivity index (χ0) is 20.3. The largest absolute Gasteiger partial charge is 0.356 e. The topological polar surface area (TPSA) is 88.3 Å². The highest BCUT2D eigenvalue weighted by Gasteiger charge is 2.36. The van der Waals surface area contributed by atoms with Gasteiger partial charge in [-0.3, -0.25) is 9.59 Å². The maximum Gasteiger partial charge on any atom is 0.227 e. The van der Waals surface area contributed by atoms with E-state index in [1.54, 1.807) is 0 Å². The van der Waals surface area contributed by atoms with Crippen molar-refractivity contribution in [2.45, 2.75) is 39.0 Å². The van der Waals surface area contributed by atoms with Crippen molar-refractivity contribution >= 4 is 17.5 Å². The normalized spacial score (nSPS) is 16.8. The molecular formula is C19H22F2N4O3. The zero-order valence-electron chi connectivity index (χ0n) is 15.7. The predicted octanol–water partition coefficient (Wildman–Crippen LogP) is 2.57. The van der Waals surface area contributed by atoms with Crippen LogP contribution < -0.4 is 10.2 Å². The van der Waals surface area contributed by atoms with Crippen LogP contribution in [0.5, 0.6) is 0 Å². The van der Waals surface area contributed by atoms with E-state index in [1.807, 2.05) is 13.8 Å². The number of hydrogen-bond donors (Lipinski definition) is 1. The number of carbonyl (C=O) groups is 2. The fourth-order valence-corrected chi connectivity index (χ4v) is 3.02. The second kappa shape index (κ2) is 8.45. The van der Waals surface area contributed by atoms with Crippen molar-refractivity contribution in [2.75, 3.05) is 18.0 Å². The number of rotatable bonds is 7. The van der Waals surface area contributed by atoms with Gasteiger partial charge in [0.2, 0.25) is 17.7 Å². The Bertz CT molecular complexity index is 869. The van der Waals surface area contributed by atoms with Crippen LogP contribution in [0.2, 0.25) is 0 Å². The van der Waals surface area contributed by atoms with E-state index in [2.05, 4.69) is 15.5 Å². The van der Waals surface area contributed by atoms with Crippen LogP contribution in [0.3, 0.4) is 0 Å². The van der Waals surface area contributed by atoms with Gasteiger partial charge in [-0.15, -0.1) is 0 Å². The van der Waals surface area contributed by atoms with Gasteiger partial charge in [0.25, 0.3) is 0 Å². The van der Waals surface area contributed by atoms with Crippen LogP contribution in [-0.2, 0) is 16.0 Å². The number of aromatic nitrogens is 2. The summed E-state index contributed by atoms with van der Waals surface area (Å²) in [5, 5.41) is 6.66. The molecule has 1 aromatic heterocycles. The molecule has 1 unspecified atom stereocenters. The van der Waals surface area contributed by atoms with Gasteiger partial charge in [-0.1, -0.05) is 19.0 Å². The standard InChI is InChI=1S/C19H22F2N4O3/c1-11(2)18-23-16(28-24-18)4-3-7-22-19(27)12-8-17(26)25(10-12)15-6-5-13(20)9-14(15)21/h5-6,9,11-12H,3-4,7-8,10H2,1-2H3,(H,22,27). The molecule has 1 fully saturated rings. The van der Waals surface area contributed by atoms with E-state index in [0.717, 1.165) is 12.1 Å². The number of carbonyl (C=O) groups excluding carboxylic acids is 2. The Balaban J connectivity index is 1.47. The number of nitrogens with zero attached hydrogens (tertiary/aromatic N) is 3. The van der Waals surface area contributed by atoms with Crippen molar-refractivity contribution in [1.29, 1.82) is 0 Å². The van der Waals surface area contributed by atoms with Gasteiger partial charge in [-0.2, -0.15) is 4.98 Å². The van der Waals surface area contributed by atoms with Crippen LogP contribution in [0.4, 0.5) is 14.5 Å². The molecule has 0 saturated carbocycles. The van der Waals surface area contributed by atoms with Crippen molar-refractivity contribution in [1.82, 2.24) is 15.5 Å². The van der Waals surface area contributed by atoms with Gasteiger partial charge >= 0.3 is 0 Å². The molecule has 3 rings (SSSR count). The first kappa shape index (κ1) is 19.9. The predicted molar refractivity (Wildman–Crippen MR) is 96.5 cm³/mol. The average molecular weight is 392 g/mol. The van der Waals surface area contributed by atoms with Gasteiger partial charge < -0.3 is 14.7 Å². The molecule has 2 heterocycles. The van der Waals surface area contributed by atoms with Crippen LogP contribution >= 0.6 is 0 Å². The molecule has 1 atom stereocenters. The van der Waals surface area contributed by atoms with Crippen molar-refractivity contribution < 1.29 is 22.9 Å². The Hall–Kier alpha value is -2.84. The summed E-state index contributed by atoms with van der Waals surface area (Å²) < 4.78 is 32.1. The third-order valence-electron chi connectivity index (χ3n) is 4.56. The molecule has 28 heavy (non-hydrogen) atoms. The van der Waals surface area contributed by atoms with E-state index >= 15 is 0 Å². The number of nitrogens with one attached hydrogen (secondary N) is 1. The summed E-state index contributed by atoms with van der Waals surface area (Å²) in [6, 6.07) is 3.01. The van der Waals surface area contributed by atoms with Crippen molar-refractivity contribution in [3.05, 3.63) is 41.5 Å². The monoisotopic (exact) mass is 392 g/mol. The number of amides is 2. The van der Waals surface area contributed by atoms with E-state index in [9.17, 15) is 18.4 Å².